The zero-order chi connectivity index (χ0) is 17.3. The maximum atomic E-state index is 12.0. The molecule has 1 saturated carbocycles. The molecule has 6 heteroatoms. The third-order valence-corrected chi connectivity index (χ3v) is 4.43. The van der Waals surface area contributed by atoms with Crippen molar-refractivity contribution in [2.24, 2.45) is 5.92 Å². The lowest BCUT2D eigenvalue weighted by Gasteiger charge is -2.21. The molecule has 0 bridgehead atoms. The van der Waals surface area contributed by atoms with Crippen LogP contribution in [0.15, 0.2) is 42.7 Å². The van der Waals surface area contributed by atoms with Crippen molar-refractivity contribution in [1.29, 1.82) is 0 Å². The van der Waals surface area contributed by atoms with Gasteiger partial charge in [-0.25, -0.2) is 14.8 Å². The summed E-state index contributed by atoms with van der Waals surface area (Å²) in [6.45, 7) is 0.725. The quantitative estimate of drug-likeness (QED) is 0.819. The molecule has 1 fully saturated rings. The van der Waals surface area contributed by atoms with Gasteiger partial charge in [0.25, 0.3) is 0 Å². The first-order valence-electron chi connectivity index (χ1n) is 8.89. The lowest BCUT2D eigenvalue weighted by molar-refractivity contribution is 0.250. The van der Waals surface area contributed by atoms with Crippen LogP contribution in [0.2, 0.25) is 0 Å². The second kappa shape index (κ2) is 9.01. The van der Waals surface area contributed by atoms with Gasteiger partial charge in [0, 0.05) is 24.6 Å². The van der Waals surface area contributed by atoms with Gasteiger partial charge < -0.3 is 15.4 Å². The topological polar surface area (TPSA) is 76.1 Å². The Morgan fingerprint density at radius 2 is 1.80 bits per heavy atom. The number of amides is 2. The van der Waals surface area contributed by atoms with Gasteiger partial charge >= 0.3 is 12.0 Å². The Morgan fingerprint density at radius 1 is 1.08 bits per heavy atom. The number of nitrogens with one attached hydrogen (secondary N) is 2. The van der Waals surface area contributed by atoms with E-state index in [0.717, 1.165) is 24.6 Å². The molecular formula is C19H24N4O2. The van der Waals surface area contributed by atoms with Gasteiger partial charge in [0.15, 0.2) is 0 Å². The Labute approximate surface area is 148 Å². The van der Waals surface area contributed by atoms with Crippen LogP contribution in [0.3, 0.4) is 0 Å². The molecule has 1 aliphatic carbocycles. The number of anilines is 1. The van der Waals surface area contributed by atoms with Gasteiger partial charge in [0.2, 0.25) is 0 Å². The molecule has 0 spiro atoms. The van der Waals surface area contributed by atoms with Crippen molar-refractivity contribution in [3.05, 3.63) is 42.7 Å². The lowest BCUT2D eigenvalue weighted by atomic mass is 9.87. The van der Waals surface area contributed by atoms with E-state index in [1.165, 1.54) is 32.1 Å². The van der Waals surface area contributed by atoms with Gasteiger partial charge in [0.05, 0.1) is 0 Å². The number of benzene rings is 1. The smallest absolute Gasteiger partial charge is 0.321 e. The summed E-state index contributed by atoms with van der Waals surface area (Å²) in [5, 5.41) is 5.77. The van der Waals surface area contributed by atoms with Crippen LogP contribution in [0.25, 0.3) is 0 Å². The lowest BCUT2D eigenvalue weighted by Crippen LogP contribution is -2.30. The van der Waals surface area contributed by atoms with Crippen LogP contribution in [0, 0.1) is 5.92 Å². The molecule has 25 heavy (non-hydrogen) atoms. The maximum Gasteiger partial charge on any atom is 0.321 e. The van der Waals surface area contributed by atoms with Gasteiger partial charge in [-0.15, -0.1) is 0 Å². The summed E-state index contributed by atoms with van der Waals surface area (Å²) in [5.74, 6) is 1.39. The first-order valence-corrected chi connectivity index (χ1v) is 8.89. The fourth-order valence-corrected chi connectivity index (χ4v) is 3.09. The SMILES string of the molecule is O=C(NCCC1CCCCC1)Nc1ccc(Oc2ncccn2)cc1. The summed E-state index contributed by atoms with van der Waals surface area (Å²) in [6.07, 6.45) is 10.9. The Balaban J connectivity index is 1.40. The second-order valence-corrected chi connectivity index (χ2v) is 6.33. The number of hydrogen-bond donors (Lipinski definition) is 2. The number of carbonyl (C=O) groups is 1. The highest BCUT2D eigenvalue weighted by atomic mass is 16.5. The van der Waals surface area contributed by atoms with E-state index in [0.29, 0.717) is 11.8 Å². The van der Waals surface area contributed by atoms with Crippen molar-refractivity contribution in [2.75, 3.05) is 11.9 Å². The van der Waals surface area contributed by atoms with Crippen LogP contribution in [0.4, 0.5) is 10.5 Å². The summed E-state index contributed by atoms with van der Waals surface area (Å²) in [5.41, 5.74) is 0.719. The molecule has 1 aromatic heterocycles. The third kappa shape index (κ3) is 5.74. The highest BCUT2D eigenvalue weighted by Crippen LogP contribution is 2.25. The van der Waals surface area contributed by atoms with Crippen LogP contribution in [-0.4, -0.2) is 22.5 Å². The Kier molecular flexibility index (Phi) is 6.20. The summed E-state index contributed by atoms with van der Waals surface area (Å²) < 4.78 is 5.52. The minimum atomic E-state index is -0.170. The predicted molar refractivity (Wildman–Crippen MR) is 96.8 cm³/mol. The first kappa shape index (κ1) is 17.2. The van der Waals surface area contributed by atoms with E-state index in [4.69, 9.17) is 4.74 Å². The van der Waals surface area contributed by atoms with Crippen LogP contribution in [0.5, 0.6) is 11.8 Å². The van der Waals surface area contributed by atoms with Gasteiger partial charge in [-0.3, -0.25) is 0 Å². The van der Waals surface area contributed by atoms with E-state index in [9.17, 15) is 4.79 Å². The highest BCUT2D eigenvalue weighted by molar-refractivity contribution is 5.89. The number of hydrogen-bond acceptors (Lipinski definition) is 4. The Morgan fingerprint density at radius 3 is 2.52 bits per heavy atom. The summed E-state index contributed by atoms with van der Waals surface area (Å²) in [4.78, 5) is 20.0. The molecule has 6 nitrogen and oxygen atoms in total. The van der Waals surface area contributed by atoms with Gasteiger partial charge in [-0.05, 0) is 42.7 Å². The number of carbonyl (C=O) groups excluding carboxylic acids is 1. The molecular weight excluding hydrogens is 316 g/mol. The standard InChI is InChI=1S/C19H24N4O2/c24-18(20-14-11-15-5-2-1-3-6-15)23-16-7-9-17(10-8-16)25-19-21-12-4-13-22-19/h4,7-10,12-13,15H,1-3,5-6,11,14H2,(H2,20,23,24). The normalized spacial score (nSPS) is 14.7. The molecule has 132 valence electrons. The molecule has 0 saturated heterocycles. The number of nitrogens with zero attached hydrogens (tertiary/aromatic N) is 2. The van der Waals surface area contributed by atoms with E-state index in [2.05, 4.69) is 20.6 Å². The largest absolute Gasteiger partial charge is 0.424 e. The molecule has 0 unspecified atom stereocenters. The van der Waals surface area contributed by atoms with Crippen molar-refractivity contribution in [3.8, 4) is 11.8 Å². The molecule has 2 aromatic rings. The number of rotatable bonds is 6. The minimum Gasteiger partial charge on any atom is -0.424 e. The van der Waals surface area contributed by atoms with E-state index < -0.39 is 0 Å². The van der Waals surface area contributed by atoms with Crippen LogP contribution >= 0.6 is 0 Å². The van der Waals surface area contributed by atoms with Crippen molar-refractivity contribution in [1.82, 2.24) is 15.3 Å². The van der Waals surface area contributed by atoms with E-state index in [-0.39, 0.29) is 6.03 Å². The molecule has 2 amide bonds. The molecule has 0 radical (unpaired) electrons. The van der Waals surface area contributed by atoms with Gasteiger partial charge in [-0.2, -0.15) is 0 Å². The number of aromatic nitrogens is 2. The molecule has 2 N–H and O–H groups in total. The monoisotopic (exact) mass is 340 g/mol. The van der Waals surface area contributed by atoms with Crippen molar-refractivity contribution in [2.45, 2.75) is 38.5 Å². The van der Waals surface area contributed by atoms with Crippen molar-refractivity contribution in [3.63, 3.8) is 0 Å². The van der Waals surface area contributed by atoms with E-state index in [1.54, 1.807) is 42.7 Å². The third-order valence-electron chi connectivity index (χ3n) is 4.43. The minimum absolute atomic E-state index is 0.170. The van der Waals surface area contributed by atoms with Gasteiger partial charge in [-0.1, -0.05) is 32.1 Å². The van der Waals surface area contributed by atoms with E-state index in [1.807, 2.05) is 0 Å². The summed E-state index contributed by atoms with van der Waals surface area (Å²) in [6, 6.07) is 8.98. The predicted octanol–water partition coefficient (Wildman–Crippen LogP) is 4.36. The van der Waals surface area contributed by atoms with Crippen LogP contribution < -0.4 is 15.4 Å². The summed E-state index contributed by atoms with van der Waals surface area (Å²) in [7, 11) is 0. The molecule has 0 aliphatic heterocycles. The van der Waals surface area contributed by atoms with Crippen molar-refractivity contribution >= 4 is 11.7 Å². The zero-order valence-corrected chi connectivity index (χ0v) is 14.3. The van der Waals surface area contributed by atoms with Crippen LogP contribution in [-0.2, 0) is 0 Å². The Hall–Kier alpha value is -2.63. The van der Waals surface area contributed by atoms with E-state index >= 15 is 0 Å². The van der Waals surface area contributed by atoms with Crippen molar-refractivity contribution < 1.29 is 9.53 Å². The first-order chi connectivity index (χ1) is 12.3. The average molecular weight is 340 g/mol. The van der Waals surface area contributed by atoms with Gasteiger partial charge in [0.1, 0.15) is 5.75 Å². The molecule has 3 rings (SSSR count). The highest BCUT2D eigenvalue weighted by Gasteiger charge is 2.13. The number of urea groups is 1. The molecule has 1 heterocycles. The average Bonchev–Trinajstić information content (AvgIpc) is 2.65. The van der Waals surface area contributed by atoms with Crippen LogP contribution in [0.1, 0.15) is 38.5 Å². The Bertz CT molecular complexity index is 655. The fourth-order valence-electron chi connectivity index (χ4n) is 3.09. The molecule has 1 aromatic carbocycles. The zero-order valence-electron chi connectivity index (χ0n) is 14.3. The fraction of sp³-hybridized carbons (Fsp3) is 0.421. The molecule has 1 aliphatic rings. The maximum absolute atomic E-state index is 12.0. The number of ether oxygens (including phenoxy) is 1. The molecule has 0 atom stereocenters. The summed E-state index contributed by atoms with van der Waals surface area (Å²) >= 11 is 0. The second-order valence-electron chi connectivity index (χ2n) is 6.33.